The minimum absolute atomic E-state index is 0.0857. The van der Waals surface area contributed by atoms with Gasteiger partial charge in [-0.2, -0.15) is 15.0 Å². The Hall–Kier alpha value is -1.74. The fraction of sp³-hybridized carbons (Fsp3) is 0.267. The molecule has 0 bridgehead atoms. The minimum atomic E-state index is -0.507. The van der Waals surface area contributed by atoms with E-state index in [1.807, 2.05) is 0 Å². The van der Waals surface area contributed by atoms with E-state index in [-0.39, 0.29) is 10.0 Å². The highest BCUT2D eigenvalue weighted by Gasteiger charge is 2.10. The predicted molar refractivity (Wildman–Crippen MR) is 92.8 cm³/mol. The summed E-state index contributed by atoms with van der Waals surface area (Å²) in [7, 11) is 0. The third kappa shape index (κ3) is 4.38. The molecular weight excluding hydrogens is 359 g/mol. The molecule has 0 atom stereocenters. The zero-order chi connectivity index (χ0) is 16.8. The Labute approximate surface area is 148 Å². The SMILES string of the molecule is N#CCCCCNc1ccc(-n2ncc(Cl)c(Cl)c2=O)cc1Cl. The van der Waals surface area contributed by atoms with E-state index in [2.05, 4.69) is 16.5 Å². The number of nitriles is 1. The molecule has 1 aromatic carbocycles. The highest BCUT2D eigenvalue weighted by molar-refractivity contribution is 6.41. The predicted octanol–water partition coefficient (Wildman–Crippen LogP) is 4.30. The quantitative estimate of drug-likeness (QED) is 0.769. The molecule has 0 aliphatic heterocycles. The Morgan fingerprint density at radius 1 is 1.22 bits per heavy atom. The highest BCUT2D eigenvalue weighted by atomic mass is 35.5. The van der Waals surface area contributed by atoms with Crippen molar-refractivity contribution < 1.29 is 0 Å². The molecule has 0 saturated heterocycles. The van der Waals surface area contributed by atoms with Gasteiger partial charge < -0.3 is 5.32 Å². The molecular formula is C15H13Cl3N4O. The number of halogens is 3. The molecule has 2 aromatic rings. The van der Waals surface area contributed by atoms with Gasteiger partial charge in [0.1, 0.15) is 5.02 Å². The summed E-state index contributed by atoms with van der Waals surface area (Å²) in [4.78, 5) is 12.1. The lowest BCUT2D eigenvalue weighted by Gasteiger charge is -2.11. The maximum Gasteiger partial charge on any atom is 0.291 e. The second-order valence-corrected chi connectivity index (χ2v) is 5.92. The summed E-state index contributed by atoms with van der Waals surface area (Å²) >= 11 is 17.8. The van der Waals surface area contributed by atoms with Crippen LogP contribution in [-0.2, 0) is 0 Å². The zero-order valence-corrected chi connectivity index (χ0v) is 14.3. The summed E-state index contributed by atoms with van der Waals surface area (Å²) in [6.07, 6.45) is 3.56. The van der Waals surface area contributed by atoms with E-state index in [1.54, 1.807) is 18.2 Å². The first-order valence-corrected chi connectivity index (χ1v) is 8.02. The third-order valence-electron chi connectivity index (χ3n) is 3.10. The van der Waals surface area contributed by atoms with Gasteiger partial charge in [-0.05, 0) is 31.0 Å². The molecule has 120 valence electrons. The van der Waals surface area contributed by atoms with Crippen molar-refractivity contribution in [3.05, 3.63) is 49.8 Å². The van der Waals surface area contributed by atoms with Gasteiger partial charge in [-0.25, -0.2) is 0 Å². The minimum Gasteiger partial charge on any atom is -0.384 e. The average molecular weight is 372 g/mol. The lowest BCUT2D eigenvalue weighted by atomic mass is 10.2. The Morgan fingerprint density at radius 3 is 2.70 bits per heavy atom. The van der Waals surface area contributed by atoms with Gasteiger partial charge in [0.15, 0.2) is 0 Å². The van der Waals surface area contributed by atoms with Crippen LogP contribution in [-0.4, -0.2) is 16.3 Å². The Morgan fingerprint density at radius 2 is 2.00 bits per heavy atom. The van der Waals surface area contributed by atoms with E-state index in [0.29, 0.717) is 23.7 Å². The fourth-order valence-corrected chi connectivity index (χ4v) is 2.42. The molecule has 0 unspecified atom stereocenters. The van der Waals surface area contributed by atoms with Crippen LogP contribution in [0.25, 0.3) is 5.69 Å². The first-order valence-electron chi connectivity index (χ1n) is 6.88. The van der Waals surface area contributed by atoms with Gasteiger partial charge >= 0.3 is 0 Å². The van der Waals surface area contributed by atoms with Crippen molar-refractivity contribution in [1.29, 1.82) is 5.26 Å². The lowest BCUT2D eigenvalue weighted by molar-refractivity contribution is 0.784. The molecule has 1 aromatic heterocycles. The number of anilines is 1. The second-order valence-electron chi connectivity index (χ2n) is 4.73. The maximum atomic E-state index is 12.1. The molecule has 8 heteroatoms. The Bertz CT molecular complexity index is 798. The van der Waals surface area contributed by atoms with Crippen LogP contribution in [0.1, 0.15) is 19.3 Å². The topological polar surface area (TPSA) is 70.7 Å². The molecule has 1 heterocycles. The molecule has 23 heavy (non-hydrogen) atoms. The summed E-state index contributed by atoms with van der Waals surface area (Å²) in [6.45, 7) is 0.714. The van der Waals surface area contributed by atoms with Gasteiger partial charge in [0.05, 0.1) is 33.7 Å². The van der Waals surface area contributed by atoms with E-state index in [0.717, 1.165) is 23.2 Å². The van der Waals surface area contributed by atoms with Crippen molar-refractivity contribution >= 4 is 40.5 Å². The van der Waals surface area contributed by atoms with Gasteiger partial charge in [-0.3, -0.25) is 4.79 Å². The van der Waals surface area contributed by atoms with Crippen LogP contribution in [0, 0.1) is 11.3 Å². The van der Waals surface area contributed by atoms with Crippen LogP contribution in [0.4, 0.5) is 5.69 Å². The molecule has 0 spiro atoms. The van der Waals surface area contributed by atoms with Crippen molar-refractivity contribution in [2.45, 2.75) is 19.3 Å². The first kappa shape index (κ1) is 17.6. The van der Waals surface area contributed by atoms with Gasteiger partial charge in [0.25, 0.3) is 5.56 Å². The average Bonchev–Trinajstić information content (AvgIpc) is 2.54. The summed E-state index contributed by atoms with van der Waals surface area (Å²) < 4.78 is 1.14. The van der Waals surface area contributed by atoms with Crippen LogP contribution in [0.15, 0.2) is 29.2 Å². The van der Waals surface area contributed by atoms with Crippen LogP contribution >= 0.6 is 34.8 Å². The highest BCUT2D eigenvalue weighted by Crippen LogP contribution is 2.25. The number of hydrogen-bond donors (Lipinski definition) is 1. The largest absolute Gasteiger partial charge is 0.384 e. The first-order chi connectivity index (χ1) is 11.0. The number of unbranched alkanes of at least 4 members (excludes halogenated alkanes) is 2. The van der Waals surface area contributed by atoms with E-state index in [9.17, 15) is 4.79 Å². The molecule has 2 rings (SSSR count). The summed E-state index contributed by atoms with van der Waals surface area (Å²) in [6, 6.07) is 7.20. The van der Waals surface area contributed by atoms with Crippen molar-refractivity contribution in [3.8, 4) is 11.8 Å². The van der Waals surface area contributed by atoms with Crippen molar-refractivity contribution in [2.75, 3.05) is 11.9 Å². The van der Waals surface area contributed by atoms with Gasteiger partial charge in [0, 0.05) is 13.0 Å². The molecule has 0 amide bonds. The number of rotatable bonds is 6. The maximum absolute atomic E-state index is 12.1. The number of nitrogens with one attached hydrogen (secondary N) is 1. The van der Waals surface area contributed by atoms with Crippen molar-refractivity contribution in [1.82, 2.24) is 9.78 Å². The van der Waals surface area contributed by atoms with E-state index in [4.69, 9.17) is 40.1 Å². The molecule has 5 nitrogen and oxygen atoms in total. The molecule has 0 aliphatic carbocycles. The summed E-state index contributed by atoms with van der Waals surface area (Å²) in [5, 5.41) is 16.1. The number of hydrogen-bond acceptors (Lipinski definition) is 4. The van der Waals surface area contributed by atoms with Gasteiger partial charge in [-0.1, -0.05) is 34.8 Å². The zero-order valence-electron chi connectivity index (χ0n) is 12.0. The van der Waals surface area contributed by atoms with E-state index >= 15 is 0 Å². The normalized spacial score (nSPS) is 10.3. The number of aromatic nitrogens is 2. The van der Waals surface area contributed by atoms with Crippen LogP contribution < -0.4 is 10.9 Å². The van der Waals surface area contributed by atoms with E-state index in [1.165, 1.54) is 6.20 Å². The second kappa shape index (κ2) is 8.21. The molecule has 1 N–H and O–H groups in total. The van der Waals surface area contributed by atoms with Crippen molar-refractivity contribution in [3.63, 3.8) is 0 Å². The van der Waals surface area contributed by atoms with Gasteiger partial charge in [-0.15, -0.1) is 0 Å². The Kier molecular flexibility index (Phi) is 6.28. The van der Waals surface area contributed by atoms with Crippen molar-refractivity contribution in [2.24, 2.45) is 0 Å². The van der Waals surface area contributed by atoms with Crippen LogP contribution in [0.3, 0.4) is 0 Å². The third-order valence-corrected chi connectivity index (χ3v) is 4.17. The number of nitrogens with zero attached hydrogens (tertiary/aromatic N) is 3. The molecule has 0 radical (unpaired) electrons. The summed E-state index contributed by atoms with van der Waals surface area (Å²) in [5.74, 6) is 0. The van der Waals surface area contributed by atoms with E-state index < -0.39 is 5.56 Å². The molecule has 0 saturated carbocycles. The van der Waals surface area contributed by atoms with Gasteiger partial charge in [0.2, 0.25) is 0 Å². The lowest BCUT2D eigenvalue weighted by Crippen LogP contribution is -2.21. The van der Waals surface area contributed by atoms with Crippen LogP contribution in [0.2, 0.25) is 15.1 Å². The molecule has 0 aliphatic rings. The van der Waals surface area contributed by atoms with Crippen LogP contribution in [0.5, 0.6) is 0 Å². The standard InChI is InChI=1S/C15H13Cl3N4O/c16-11-8-10(22-15(23)14(18)12(17)9-21-22)4-5-13(11)20-7-3-1-2-6-19/h4-5,8-9,20H,1-3,7H2. The monoisotopic (exact) mass is 370 g/mol. The summed E-state index contributed by atoms with van der Waals surface area (Å²) in [5.41, 5.74) is 0.738. The smallest absolute Gasteiger partial charge is 0.291 e. The fourth-order valence-electron chi connectivity index (χ4n) is 1.93. The molecule has 0 fully saturated rings. The Balaban J connectivity index is 2.15. The number of benzene rings is 1.